The van der Waals surface area contributed by atoms with Crippen molar-refractivity contribution in [3.05, 3.63) is 0 Å². The molecule has 0 aliphatic carbocycles. The van der Waals surface area contributed by atoms with E-state index in [9.17, 15) is 13.2 Å². The van der Waals surface area contributed by atoms with Crippen LogP contribution in [-0.2, 0) is 4.74 Å². The number of hydrogen-bond donors (Lipinski definition) is 1. The zero-order valence-electron chi connectivity index (χ0n) is 7.60. The van der Waals surface area contributed by atoms with Crippen molar-refractivity contribution in [1.82, 2.24) is 0 Å². The van der Waals surface area contributed by atoms with Gasteiger partial charge in [-0.15, -0.1) is 0 Å². The summed E-state index contributed by atoms with van der Waals surface area (Å²) in [5.41, 5.74) is 0. The van der Waals surface area contributed by atoms with Gasteiger partial charge in [0, 0.05) is 0 Å². The zero-order chi connectivity index (χ0) is 10.3. The first-order valence-corrected chi connectivity index (χ1v) is 4.88. The van der Waals surface area contributed by atoms with Crippen molar-refractivity contribution in [1.29, 1.82) is 0 Å². The van der Waals surface area contributed by atoms with E-state index in [-0.39, 0.29) is 12.5 Å². The van der Waals surface area contributed by atoms with E-state index in [4.69, 9.17) is 4.74 Å². The van der Waals surface area contributed by atoms with Crippen LogP contribution in [0.2, 0.25) is 0 Å². The standard InChI is InChI=1S/C8H15F3OS/c1-2-7(6-13)5-12-4-3-8(9,10)11/h7,13H,2-6H2,1H3. The second-order valence-electron chi connectivity index (χ2n) is 2.90. The summed E-state index contributed by atoms with van der Waals surface area (Å²) in [6.45, 7) is 2.10. The number of rotatable bonds is 6. The predicted octanol–water partition coefficient (Wildman–Crippen LogP) is 2.91. The first-order chi connectivity index (χ1) is 5.99. The molecular weight excluding hydrogens is 201 g/mol. The molecule has 0 bridgehead atoms. The van der Waals surface area contributed by atoms with Gasteiger partial charge in [0.1, 0.15) is 0 Å². The Morgan fingerprint density at radius 2 is 2.00 bits per heavy atom. The average molecular weight is 216 g/mol. The van der Waals surface area contributed by atoms with Crippen molar-refractivity contribution in [2.45, 2.75) is 25.9 Å². The zero-order valence-corrected chi connectivity index (χ0v) is 8.50. The van der Waals surface area contributed by atoms with Gasteiger partial charge in [-0.05, 0) is 11.7 Å². The van der Waals surface area contributed by atoms with Crippen LogP contribution in [-0.4, -0.2) is 25.1 Å². The smallest absolute Gasteiger partial charge is 0.381 e. The first-order valence-electron chi connectivity index (χ1n) is 4.25. The molecule has 0 spiro atoms. The van der Waals surface area contributed by atoms with Crippen LogP contribution in [0.15, 0.2) is 0 Å². The normalized spacial score (nSPS) is 14.5. The molecule has 0 fully saturated rings. The SMILES string of the molecule is CCC(CS)COCCC(F)(F)F. The third-order valence-corrected chi connectivity index (χ3v) is 2.24. The van der Waals surface area contributed by atoms with Crippen LogP contribution in [0.1, 0.15) is 19.8 Å². The molecule has 0 aromatic rings. The maximum Gasteiger partial charge on any atom is 0.391 e. The summed E-state index contributed by atoms with van der Waals surface area (Å²) in [5.74, 6) is 0.916. The number of alkyl halides is 3. The summed E-state index contributed by atoms with van der Waals surface area (Å²) in [7, 11) is 0. The molecule has 0 aliphatic rings. The molecular formula is C8H15F3OS. The van der Waals surface area contributed by atoms with Gasteiger partial charge < -0.3 is 4.74 Å². The largest absolute Gasteiger partial charge is 0.391 e. The van der Waals surface area contributed by atoms with E-state index < -0.39 is 12.6 Å². The second-order valence-corrected chi connectivity index (χ2v) is 3.26. The number of halogens is 3. The van der Waals surface area contributed by atoms with Crippen LogP contribution in [0, 0.1) is 5.92 Å². The molecule has 0 rings (SSSR count). The molecule has 1 unspecified atom stereocenters. The molecule has 0 aromatic heterocycles. The Morgan fingerprint density at radius 3 is 2.38 bits per heavy atom. The molecule has 13 heavy (non-hydrogen) atoms. The van der Waals surface area contributed by atoms with Crippen LogP contribution in [0.5, 0.6) is 0 Å². The van der Waals surface area contributed by atoms with Crippen molar-refractivity contribution in [2.24, 2.45) is 5.92 Å². The Labute approximate surface area is 82.1 Å². The number of thiol groups is 1. The summed E-state index contributed by atoms with van der Waals surface area (Å²) >= 11 is 4.05. The Hall–Kier alpha value is 0.100. The van der Waals surface area contributed by atoms with Gasteiger partial charge in [0.25, 0.3) is 0 Å². The lowest BCUT2D eigenvalue weighted by molar-refractivity contribution is -0.145. The summed E-state index contributed by atoms with van der Waals surface area (Å²) in [6.07, 6.45) is -4.09. The molecule has 0 amide bonds. The lowest BCUT2D eigenvalue weighted by atomic mass is 10.1. The molecule has 1 atom stereocenters. The minimum absolute atomic E-state index is 0.242. The van der Waals surface area contributed by atoms with Crippen molar-refractivity contribution < 1.29 is 17.9 Å². The highest BCUT2D eigenvalue weighted by Crippen LogP contribution is 2.19. The van der Waals surface area contributed by atoms with Gasteiger partial charge in [0.15, 0.2) is 0 Å². The van der Waals surface area contributed by atoms with E-state index in [1.807, 2.05) is 6.92 Å². The molecule has 0 radical (unpaired) electrons. The number of ether oxygens (including phenoxy) is 1. The van der Waals surface area contributed by atoms with Crippen molar-refractivity contribution in [3.63, 3.8) is 0 Å². The summed E-state index contributed by atoms with van der Waals surface area (Å²) in [6, 6.07) is 0. The Bertz CT molecular complexity index is 123. The van der Waals surface area contributed by atoms with Crippen molar-refractivity contribution >= 4 is 12.6 Å². The van der Waals surface area contributed by atoms with Crippen LogP contribution in [0.25, 0.3) is 0 Å². The van der Waals surface area contributed by atoms with Gasteiger partial charge in [-0.2, -0.15) is 25.8 Å². The lowest BCUT2D eigenvalue weighted by Gasteiger charge is -2.12. The monoisotopic (exact) mass is 216 g/mol. The summed E-state index contributed by atoms with van der Waals surface area (Å²) in [5, 5.41) is 0. The van der Waals surface area contributed by atoms with Crippen LogP contribution in [0.3, 0.4) is 0 Å². The van der Waals surface area contributed by atoms with Crippen LogP contribution < -0.4 is 0 Å². The Kier molecular flexibility index (Phi) is 6.59. The molecule has 0 N–H and O–H groups in total. The fourth-order valence-corrected chi connectivity index (χ4v) is 1.10. The van der Waals surface area contributed by atoms with E-state index in [0.717, 1.165) is 6.42 Å². The lowest BCUT2D eigenvalue weighted by Crippen LogP contribution is -2.15. The highest BCUT2D eigenvalue weighted by Gasteiger charge is 2.26. The molecule has 5 heteroatoms. The highest BCUT2D eigenvalue weighted by atomic mass is 32.1. The van der Waals surface area contributed by atoms with Gasteiger partial charge >= 0.3 is 6.18 Å². The van der Waals surface area contributed by atoms with Crippen molar-refractivity contribution in [2.75, 3.05) is 19.0 Å². The topological polar surface area (TPSA) is 9.23 Å². The van der Waals surface area contributed by atoms with E-state index in [0.29, 0.717) is 12.4 Å². The molecule has 0 saturated heterocycles. The van der Waals surface area contributed by atoms with E-state index in [1.54, 1.807) is 0 Å². The van der Waals surface area contributed by atoms with Crippen LogP contribution >= 0.6 is 12.6 Å². The molecule has 0 aliphatic heterocycles. The molecule has 1 nitrogen and oxygen atoms in total. The third-order valence-electron chi connectivity index (χ3n) is 1.72. The Morgan fingerprint density at radius 1 is 1.38 bits per heavy atom. The van der Waals surface area contributed by atoms with E-state index in [2.05, 4.69) is 12.6 Å². The number of hydrogen-bond acceptors (Lipinski definition) is 2. The highest BCUT2D eigenvalue weighted by molar-refractivity contribution is 7.80. The van der Waals surface area contributed by atoms with Gasteiger partial charge in [-0.3, -0.25) is 0 Å². The van der Waals surface area contributed by atoms with Gasteiger partial charge in [-0.25, -0.2) is 0 Å². The van der Waals surface area contributed by atoms with Crippen molar-refractivity contribution in [3.8, 4) is 0 Å². The molecule has 0 heterocycles. The quantitative estimate of drug-likeness (QED) is 0.530. The summed E-state index contributed by atoms with van der Waals surface area (Å²) in [4.78, 5) is 0. The minimum atomic E-state index is -4.11. The van der Waals surface area contributed by atoms with Gasteiger partial charge in [0.05, 0.1) is 19.6 Å². The fraction of sp³-hybridized carbons (Fsp3) is 1.00. The minimum Gasteiger partial charge on any atom is -0.381 e. The predicted molar refractivity (Wildman–Crippen MR) is 49.1 cm³/mol. The fourth-order valence-electron chi connectivity index (χ4n) is 0.738. The van der Waals surface area contributed by atoms with Gasteiger partial charge in [-0.1, -0.05) is 13.3 Å². The van der Waals surface area contributed by atoms with Crippen LogP contribution in [0.4, 0.5) is 13.2 Å². The maximum atomic E-state index is 11.6. The molecule has 0 saturated carbocycles. The summed E-state index contributed by atoms with van der Waals surface area (Å²) < 4.78 is 39.8. The van der Waals surface area contributed by atoms with Gasteiger partial charge in [0.2, 0.25) is 0 Å². The average Bonchev–Trinajstić information content (AvgIpc) is 2.03. The Balaban J connectivity index is 3.34. The first kappa shape index (κ1) is 13.1. The second kappa shape index (κ2) is 6.54. The maximum absolute atomic E-state index is 11.6. The molecule has 80 valence electrons. The van der Waals surface area contributed by atoms with E-state index >= 15 is 0 Å². The third kappa shape index (κ3) is 8.43. The molecule has 0 aromatic carbocycles. The van der Waals surface area contributed by atoms with E-state index in [1.165, 1.54) is 0 Å².